The Labute approximate surface area is 103 Å². The van der Waals surface area contributed by atoms with Crippen LogP contribution >= 0.6 is 0 Å². The summed E-state index contributed by atoms with van der Waals surface area (Å²) in [6.07, 6.45) is 1.59. The Morgan fingerprint density at radius 3 is 2.47 bits per heavy atom. The van der Waals surface area contributed by atoms with Crippen molar-refractivity contribution in [3.8, 4) is 0 Å². The number of nitrogen functional groups attached to an aromatic ring is 1. The normalized spacial score (nSPS) is 10.6. The van der Waals surface area contributed by atoms with Crippen LogP contribution in [0.15, 0.2) is 0 Å². The van der Waals surface area contributed by atoms with E-state index >= 15 is 0 Å². The number of nitrogens with zero attached hydrogens (tertiary/aromatic N) is 3. The molecule has 0 aliphatic heterocycles. The van der Waals surface area contributed by atoms with Crippen molar-refractivity contribution in [1.82, 2.24) is 14.7 Å². The summed E-state index contributed by atoms with van der Waals surface area (Å²) in [5, 5.41) is 4.40. The van der Waals surface area contributed by atoms with Gasteiger partial charge in [0.25, 0.3) is 0 Å². The van der Waals surface area contributed by atoms with E-state index < -0.39 is 0 Å². The van der Waals surface area contributed by atoms with E-state index in [4.69, 9.17) is 5.73 Å². The highest BCUT2D eigenvalue weighted by molar-refractivity contribution is 5.75. The minimum Gasteiger partial charge on any atom is -0.396 e. The van der Waals surface area contributed by atoms with Crippen molar-refractivity contribution < 1.29 is 4.79 Å². The number of aromatic nitrogens is 2. The van der Waals surface area contributed by atoms with Crippen molar-refractivity contribution in [2.75, 3.05) is 19.3 Å². The van der Waals surface area contributed by atoms with Gasteiger partial charge in [-0.15, -0.1) is 0 Å². The molecule has 5 nitrogen and oxygen atoms in total. The first-order valence-electron chi connectivity index (χ1n) is 6.13. The Balaban J connectivity index is 2.94. The predicted molar refractivity (Wildman–Crippen MR) is 68.7 cm³/mol. The van der Waals surface area contributed by atoms with E-state index in [1.165, 1.54) is 0 Å². The minimum absolute atomic E-state index is 0.0624. The number of aryl methyl sites for hydroxylation is 1. The lowest BCUT2D eigenvalue weighted by molar-refractivity contribution is -0.130. The molecule has 0 spiro atoms. The van der Waals surface area contributed by atoms with Crippen molar-refractivity contribution in [3.05, 3.63) is 11.4 Å². The van der Waals surface area contributed by atoms with Crippen LogP contribution in [-0.4, -0.2) is 34.2 Å². The number of hydrogen-bond acceptors (Lipinski definition) is 3. The zero-order valence-electron chi connectivity index (χ0n) is 11.2. The molecule has 1 rings (SSSR count). The second kappa shape index (κ2) is 5.70. The third-order valence-electron chi connectivity index (χ3n) is 3.03. The molecule has 0 unspecified atom stereocenters. The van der Waals surface area contributed by atoms with Gasteiger partial charge in [-0.3, -0.25) is 9.48 Å². The molecule has 5 heteroatoms. The van der Waals surface area contributed by atoms with Gasteiger partial charge in [0.1, 0.15) is 6.54 Å². The summed E-state index contributed by atoms with van der Waals surface area (Å²) in [6, 6.07) is 0. The second-order valence-electron chi connectivity index (χ2n) is 4.08. The first kappa shape index (κ1) is 13.5. The molecule has 17 heavy (non-hydrogen) atoms. The molecule has 0 bridgehead atoms. The maximum Gasteiger partial charge on any atom is 0.244 e. The van der Waals surface area contributed by atoms with Crippen LogP contribution in [0.3, 0.4) is 0 Å². The lowest BCUT2D eigenvalue weighted by Crippen LogP contribution is -2.30. The van der Waals surface area contributed by atoms with Gasteiger partial charge >= 0.3 is 0 Å². The SMILES string of the molecule is CCc1nn(CC(=O)N(C)CC)c(CC)c1N. The minimum atomic E-state index is 0.0624. The van der Waals surface area contributed by atoms with Crippen LogP contribution < -0.4 is 5.73 Å². The molecule has 0 aliphatic rings. The molecule has 0 atom stereocenters. The Bertz CT molecular complexity index is 397. The molecule has 0 saturated heterocycles. The van der Waals surface area contributed by atoms with Crippen LogP contribution in [0.5, 0.6) is 0 Å². The summed E-state index contributed by atoms with van der Waals surface area (Å²) in [4.78, 5) is 13.5. The number of hydrogen-bond donors (Lipinski definition) is 1. The van der Waals surface area contributed by atoms with Gasteiger partial charge < -0.3 is 10.6 Å². The number of carbonyl (C=O) groups is 1. The summed E-state index contributed by atoms with van der Waals surface area (Å²) in [6.45, 7) is 6.97. The van der Waals surface area contributed by atoms with Crippen molar-refractivity contribution in [1.29, 1.82) is 0 Å². The fraction of sp³-hybridized carbons (Fsp3) is 0.667. The molecule has 0 saturated carbocycles. The summed E-state index contributed by atoms with van der Waals surface area (Å²) >= 11 is 0. The maximum absolute atomic E-state index is 11.8. The fourth-order valence-electron chi connectivity index (χ4n) is 1.76. The van der Waals surface area contributed by atoms with Crippen molar-refractivity contribution >= 4 is 11.6 Å². The van der Waals surface area contributed by atoms with Gasteiger partial charge in [0, 0.05) is 13.6 Å². The number of likely N-dealkylation sites (N-methyl/N-ethyl adjacent to an activating group) is 1. The van der Waals surface area contributed by atoms with E-state index in [2.05, 4.69) is 5.10 Å². The van der Waals surface area contributed by atoms with E-state index in [0.29, 0.717) is 6.54 Å². The highest BCUT2D eigenvalue weighted by atomic mass is 16.2. The summed E-state index contributed by atoms with van der Waals surface area (Å²) in [5.74, 6) is 0.0624. The van der Waals surface area contributed by atoms with Crippen LogP contribution in [0.2, 0.25) is 0 Å². The molecule has 0 aliphatic carbocycles. The van der Waals surface area contributed by atoms with Gasteiger partial charge in [0.15, 0.2) is 0 Å². The van der Waals surface area contributed by atoms with E-state index in [1.807, 2.05) is 20.8 Å². The van der Waals surface area contributed by atoms with Crippen molar-refractivity contribution in [3.63, 3.8) is 0 Å². The van der Waals surface area contributed by atoms with Gasteiger partial charge in [0.2, 0.25) is 5.91 Å². The number of anilines is 1. The van der Waals surface area contributed by atoms with E-state index in [-0.39, 0.29) is 12.5 Å². The third-order valence-corrected chi connectivity index (χ3v) is 3.03. The zero-order valence-corrected chi connectivity index (χ0v) is 11.2. The van der Waals surface area contributed by atoms with E-state index in [1.54, 1.807) is 16.6 Å². The van der Waals surface area contributed by atoms with E-state index in [9.17, 15) is 4.79 Å². The molecule has 1 aromatic rings. The highest BCUT2D eigenvalue weighted by Gasteiger charge is 2.16. The van der Waals surface area contributed by atoms with Gasteiger partial charge in [0.05, 0.1) is 17.1 Å². The van der Waals surface area contributed by atoms with Gasteiger partial charge in [-0.05, 0) is 19.8 Å². The molecule has 0 fully saturated rings. The smallest absolute Gasteiger partial charge is 0.244 e. The average molecular weight is 238 g/mol. The molecular weight excluding hydrogens is 216 g/mol. The summed E-state index contributed by atoms with van der Waals surface area (Å²) < 4.78 is 1.74. The number of amides is 1. The Kier molecular flexibility index (Phi) is 4.54. The maximum atomic E-state index is 11.8. The Morgan fingerprint density at radius 2 is 2.00 bits per heavy atom. The lowest BCUT2D eigenvalue weighted by atomic mass is 10.2. The molecule has 0 radical (unpaired) electrons. The van der Waals surface area contributed by atoms with Gasteiger partial charge in [-0.1, -0.05) is 13.8 Å². The van der Waals surface area contributed by atoms with Crippen molar-refractivity contribution in [2.24, 2.45) is 0 Å². The van der Waals surface area contributed by atoms with Crippen LogP contribution in [0.25, 0.3) is 0 Å². The third kappa shape index (κ3) is 2.78. The molecule has 1 heterocycles. The highest BCUT2D eigenvalue weighted by Crippen LogP contribution is 2.18. The summed E-state index contributed by atoms with van der Waals surface area (Å²) in [5.41, 5.74) is 8.58. The van der Waals surface area contributed by atoms with Gasteiger partial charge in [-0.25, -0.2) is 0 Å². The van der Waals surface area contributed by atoms with Crippen LogP contribution in [0.4, 0.5) is 5.69 Å². The standard InChI is InChI=1S/C12H22N4O/c1-5-9-12(13)10(6-2)16(14-9)8-11(17)15(4)7-3/h5-8,13H2,1-4H3. The molecule has 2 N–H and O–H groups in total. The van der Waals surface area contributed by atoms with Crippen molar-refractivity contribution in [2.45, 2.75) is 40.2 Å². The van der Waals surface area contributed by atoms with Crippen LogP contribution in [-0.2, 0) is 24.2 Å². The topological polar surface area (TPSA) is 64.2 Å². The van der Waals surface area contributed by atoms with Gasteiger partial charge in [-0.2, -0.15) is 5.10 Å². The second-order valence-corrected chi connectivity index (χ2v) is 4.08. The molecular formula is C12H22N4O. The molecule has 1 aromatic heterocycles. The number of nitrogens with two attached hydrogens (primary N) is 1. The Morgan fingerprint density at radius 1 is 1.35 bits per heavy atom. The van der Waals surface area contributed by atoms with Crippen LogP contribution in [0.1, 0.15) is 32.2 Å². The number of rotatable bonds is 5. The zero-order chi connectivity index (χ0) is 13.0. The molecule has 96 valence electrons. The summed E-state index contributed by atoms with van der Waals surface area (Å²) in [7, 11) is 1.79. The first-order valence-corrected chi connectivity index (χ1v) is 6.13. The monoisotopic (exact) mass is 238 g/mol. The predicted octanol–water partition coefficient (Wildman–Crippen LogP) is 1.07. The quantitative estimate of drug-likeness (QED) is 0.834. The first-order chi connectivity index (χ1) is 8.04. The lowest BCUT2D eigenvalue weighted by Gasteiger charge is -2.15. The van der Waals surface area contributed by atoms with E-state index in [0.717, 1.165) is 29.9 Å². The average Bonchev–Trinajstić information content (AvgIpc) is 2.63. The fourth-order valence-corrected chi connectivity index (χ4v) is 1.76. The van der Waals surface area contributed by atoms with Crippen LogP contribution in [0, 0.1) is 0 Å². The molecule has 1 amide bonds. The largest absolute Gasteiger partial charge is 0.396 e. The number of carbonyl (C=O) groups excluding carboxylic acids is 1. The Hall–Kier alpha value is -1.52. The molecule has 0 aromatic carbocycles.